The van der Waals surface area contributed by atoms with E-state index in [0.29, 0.717) is 44.0 Å². The molecule has 1 aliphatic rings. The Balaban J connectivity index is 2.00. The molecule has 1 heterocycles. The molecule has 2 N–H and O–H groups in total. The number of rotatable bonds is 9. The molecule has 7 heteroatoms. The molecular weight excluding hydrogens is 346 g/mol. The van der Waals surface area contributed by atoms with E-state index in [1.807, 2.05) is 50.1 Å². The van der Waals surface area contributed by atoms with Crippen molar-refractivity contribution in [2.45, 2.75) is 33.2 Å². The molecule has 0 aromatic heterocycles. The highest BCUT2D eigenvalue weighted by Crippen LogP contribution is 2.18. The summed E-state index contributed by atoms with van der Waals surface area (Å²) in [7, 11) is 1.92. The molecule has 0 radical (unpaired) electrons. The number of likely N-dealkylation sites (N-methyl/N-ethyl adjacent to an activating group) is 1. The topological polar surface area (TPSA) is 79.9 Å². The molecule has 0 saturated carbocycles. The number of benzene rings is 1. The normalized spacial score (nSPS) is 16.8. The van der Waals surface area contributed by atoms with Gasteiger partial charge in [-0.2, -0.15) is 0 Å². The second-order valence-corrected chi connectivity index (χ2v) is 6.57. The maximum atomic E-state index is 12.4. The Hall–Kier alpha value is -2.54. The highest BCUT2D eigenvalue weighted by molar-refractivity contribution is 5.94. The first-order valence-electron chi connectivity index (χ1n) is 9.30. The first kappa shape index (κ1) is 20.8. The lowest BCUT2D eigenvalue weighted by molar-refractivity contribution is -0.139. The van der Waals surface area contributed by atoms with Crippen molar-refractivity contribution in [2.24, 2.45) is 0 Å². The van der Waals surface area contributed by atoms with E-state index in [4.69, 9.17) is 9.47 Å². The van der Waals surface area contributed by atoms with E-state index in [1.165, 1.54) is 5.56 Å². The van der Waals surface area contributed by atoms with Gasteiger partial charge in [-0.25, -0.2) is 9.59 Å². The zero-order valence-electron chi connectivity index (χ0n) is 16.5. The molecule has 1 aromatic rings. The molecule has 2 rings (SSSR count). The molecule has 0 aliphatic carbocycles. The molecule has 1 aliphatic heterocycles. The molecule has 0 fully saturated rings. The number of esters is 1. The summed E-state index contributed by atoms with van der Waals surface area (Å²) in [5, 5.41) is 5.54. The zero-order chi connectivity index (χ0) is 19.8. The third-order valence-corrected chi connectivity index (χ3v) is 4.34. The average molecular weight is 375 g/mol. The van der Waals surface area contributed by atoms with Crippen molar-refractivity contribution in [3.8, 4) is 5.75 Å². The SMILES string of the molecule is CCOC(=O)C1=C(CN(C)CCOc2ccc(C)cc2)NC(=O)N[C@@H]1CC. The van der Waals surface area contributed by atoms with Gasteiger partial charge in [0.15, 0.2) is 0 Å². The number of nitrogens with zero attached hydrogens (tertiary/aromatic N) is 1. The summed E-state index contributed by atoms with van der Waals surface area (Å²) >= 11 is 0. The summed E-state index contributed by atoms with van der Waals surface area (Å²) in [4.78, 5) is 26.3. The van der Waals surface area contributed by atoms with Gasteiger partial charge in [-0.3, -0.25) is 4.90 Å². The Labute approximate surface area is 160 Å². The van der Waals surface area contributed by atoms with Gasteiger partial charge in [0.25, 0.3) is 0 Å². The summed E-state index contributed by atoms with van der Waals surface area (Å²) in [6.07, 6.45) is 0.616. The molecular formula is C20H29N3O4. The van der Waals surface area contributed by atoms with E-state index in [0.717, 1.165) is 5.75 Å². The van der Waals surface area contributed by atoms with Gasteiger partial charge in [-0.15, -0.1) is 0 Å². The van der Waals surface area contributed by atoms with E-state index in [2.05, 4.69) is 10.6 Å². The van der Waals surface area contributed by atoms with Gasteiger partial charge >= 0.3 is 12.0 Å². The lowest BCUT2D eigenvalue weighted by Gasteiger charge is -2.30. The molecule has 2 amide bonds. The van der Waals surface area contributed by atoms with Crippen LogP contribution in [0.5, 0.6) is 5.75 Å². The van der Waals surface area contributed by atoms with Gasteiger partial charge < -0.3 is 20.1 Å². The summed E-state index contributed by atoms with van der Waals surface area (Å²) in [6.45, 7) is 7.59. The summed E-state index contributed by atoms with van der Waals surface area (Å²) in [6, 6.07) is 7.25. The summed E-state index contributed by atoms with van der Waals surface area (Å²) in [5.41, 5.74) is 2.26. The molecule has 0 unspecified atom stereocenters. The summed E-state index contributed by atoms with van der Waals surface area (Å²) in [5.74, 6) is 0.429. The van der Waals surface area contributed by atoms with Crippen LogP contribution in [0.1, 0.15) is 25.8 Å². The van der Waals surface area contributed by atoms with Crippen molar-refractivity contribution in [3.05, 3.63) is 41.1 Å². The second-order valence-electron chi connectivity index (χ2n) is 6.57. The van der Waals surface area contributed by atoms with Crippen LogP contribution in [0.2, 0.25) is 0 Å². The number of amides is 2. The molecule has 148 valence electrons. The number of hydrogen-bond donors (Lipinski definition) is 2. The maximum absolute atomic E-state index is 12.4. The van der Waals surface area contributed by atoms with Crippen LogP contribution < -0.4 is 15.4 Å². The van der Waals surface area contributed by atoms with Gasteiger partial charge in [0, 0.05) is 18.8 Å². The van der Waals surface area contributed by atoms with E-state index < -0.39 is 5.97 Å². The number of carbonyl (C=O) groups is 2. The minimum absolute atomic E-state index is 0.292. The van der Waals surface area contributed by atoms with Crippen LogP contribution in [-0.4, -0.2) is 56.3 Å². The van der Waals surface area contributed by atoms with Crippen molar-refractivity contribution in [3.63, 3.8) is 0 Å². The van der Waals surface area contributed by atoms with Gasteiger partial charge in [0.2, 0.25) is 0 Å². The molecule has 1 aromatic carbocycles. The van der Waals surface area contributed by atoms with E-state index >= 15 is 0 Å². The fourth-order valence-electron chi connectivity index (χ4n) is 2.89. The Morgan fingerprint density at radius 1 is 1.22 bits per heavy atom. The van der Waals surface area contributed by atoms with Crippen LogP contribution in [0.3, 0.4) is 0 Å². The average Bonchev–Trinajstić information content (AvgIpc) is 2.63. The lowest BCUT2D eigenvalue weighted by atomic mass is 10.00. The minimum Gasteiger partial charge on any atom is -0.492 e. The van der Waals surface area contributed by atoms with Gasteiger partial charge in [-0.1, -0.05) is 24.6 Å². The third kappa shape index (κ3) is 5.99. The van der Waals surface area contributed by atoms with Crippen LogP contribution >= 0.6 is 0 Å². The van der Waals surface area contributed by atoms with Crippen LogP contribution in [-0.2, 0) is 9.53 Å². The van der Waals surface area contributed by atoms with Gasteiger partial charge in [-0.05, 0) is 39.4 Å². The van der Waals surface area contributed by atoms with Crippen LogP contribution in [0.25, 0.3) is 0 Å². The molecule has 0 bridgehead atoms. The predicted octanol–water partition coefficient (Wildman–Crippen LogP) is 2.21. The number of hydrogen-bond acceptors (Lipinski definition) is 5. The van der Waals surface area contributed by atoms with Crippen molar-refractivity contribution >= 4 is 12.0 Å². The van der Waals surface area contributed by atoms with E-state index in [1.54, 1.807) is 6.92 Å². The number of nitrogens with one attached hydrogen (secondary N) is 2. The van der Waals surface area contributed by atoms with Crippen molar-refractivity contribution in [2.75, 3.05) is 33.4 Å². The van der Waals surface area contributed by atoms with Crippen LogP contribution in [0.4, 0.5) is 4.79 Å². The standard InChI is InChI=1S/C20H29N3O4/c1-5-16-18(19(24)26-6-2)17(22-20(25)21-16)13-23(4)11-12-27-15-9-7-14(3)8-10-15/h7-10,16H,5-6,11-13H2,1-4H3,(H2,21,22,25)/t16-/m1/s1. The number of carbonyl (C=O) groups excluding carboxylic acids is 2. The van der Waals surface area contributed by atoms with E-state index in [-0.39, 0.29) is 12.1 Å². The number of aryl methyl sites for hydroxylation is 1. The third-order valence-electron chi connectivity index (χ3n) is 4.34. The molecule has 1 atom stereocenters. The molecule has 0 saturated heterocycles. The second kappa shape index (κ2) is 9.97. The Kier molecular flexibility index (Phi) is 7.67. The smallest absolute Gasteiger partial charge is 0.337 e. The Morgan fingerprint density at radius 3 is 2.56 bits per heavy atom. The fraction of sp³-hybridized carbons (Fsp3) is 0.500. The number of urea groups is 1. The van der Waals surface area contributed by atoms with Crippen molar-refractivity contribution < 1.29 is 19.1 Å². The van der Waals surface area contributed by atoms with Crippen LogP contribution in [0, 0.1) is 6.92 Å². The monoisotopic (exact) mass is 375 g/mol. The Morgan fingerprint density at radius 2 is 1.93 bits per heavy atom. The van der Waals surface area contributed by atoms with Crippen molar-refractivity contribution in [1.82, 2.24) is 15.5 Å². The van der Waals surface area contributed by atoms with Crippen molar-refractivity contribution in [1.29, 1.82) is 0 Å². The molecule has 0 spiro atoms. The zero-order valence-corrected chi connectivity index (χ0v) is 16.5. The van der Waals surface area contributed by atoms with Gasteiger partial charge in [0.05, 0.1) is 18.2 Å². The van der Waals surface area contributed by atoms with Crippen LogP contribution in [0.15, 0.2) is 35.5 Å². The predicted molar refractivity (Wildman–Crippen MR) is 104 cm³/mol. The number of ether oxygens (including phenoxy) is 2. The molecule has 7 nitrogen and oxygen atoms in total. The Bertz CT molecular complexity index is 685. The van der Waals surface area contributed by atoms with Gasteiger partial charge in [0.1, 0.15) is 12.4 Å². The highest BCUT2D eigenvalue weighted by atomic mass is 16.5. The fourth-order valence-corrected chi connectivity index (χ4v) is 2.89. The first-order valence-corrected chi connectivity index (χ1v) is 9.30. The molecule has 27 heavy (non-hydrogen) atoms. The highest BCUT2D eigenvalue weighted by Gasteiger charge is 2.31. The minimum atomic E-state index is -0.392. The van der Waals surface area contributed by atoms with E-state index in [9.17, 15) is 9.59 Å². The summed E-state index contributed by atoms with van der Waals surface area (Å²) < 4.78 is 10.9. The largest absolute Gasteiger partial charge is 0.492 e. The first-order chi connectivity index (χ1) is 12.9. The quantitative estimate of drug-likeness (QED) is 0.647. The maximum Gasteiger partial charge on any atom is 0.337 e. The lowest BCUT2D eigenvalue weighted by Crippen LogP contribution is -2.52.